The van der Waals surface area contributed by atoms with E-state index in [4.69, 9.17) is 4.74 Å². The number of nitrogens with zero attached hydrogens (tertiary/aromatic N) is 3. The minimum absolute atomic E-state index is 0.0308. The normalized spacial score (nSPS) is 20.9. The van der Waals surface area contributed by atoms with E-state index in [-0.39, 0.29) is 29.4 Å². The molecule has 0 spiro atoms. The summed E-state index contributed by atoms with van der Waals surface area (Å²) in [5.74, 6) is 0.558. The highest BCUT2D eigenvalue weighted by Crippen LogP contribution is 2.25. The fourth-order valence-corrected chi connectivity index (χ4v) is 3.87. The average molecular weight is 409 g/mol. The number of hydrogen-bond acceptors (Lipinski definition) is 6. The van der Waals surface area contributed by atoms with E-state index in [0.717, 1.165) is 18.7 Å². The fraction of sp³-hybridized carbons (Fsp3) is 0.455. The maximum absolute atomic E-state index is 12.5. The van der Waals surface area contributed by atoms with Crippen LogP contribution >= 0.6 is 0 Å². The van der Waals surface area contributed by atoms with Crippen molar-refractivity contribution in [2.75, 3.05) is 29.9 Å². The number of carbonyl (C=O) groups excluding carboxylic acids is 2. The molecule has 0 radical (unpaired) electrons. The van der Waals surface area contributed by atoms with E-state index in [0.29, 0.717) is 30.9 Å². The summed E-state index contributed by atoms with van der Waals surface area (Å²) in [6.07, 6.45) is 3.23. The van der Waals surface area contributed by atoms with Crippen LogP contribution in [0.15, 0.2) is 42.6 Å². The molecule has 1 unspecified atom stereocenters. The molecular weight excluding hydrogens is 382 g/mol. The van der Waals surface area contributed by atoms with Crippen molar-refractivity contribution in [3.8, 4) is 0 Å². The number of benzene rings is 1. The van der Waals surface area contributed by atoms with Gasteiger partial charge in [0.25, 0.3) is 5.91 Å². The first-order valence-electron chi connectivity index (χ1n) is 10.3. The highest BCUT2D eigenvalue weighted by molar-refractivity contribution is 5.97. The Hall–Kier alpha value is -3.00. The Labute approximate surface area is 176 Å². The van der Waals surface area contributed by atoms with Crippen LogP contribution in [-0.4, -0.2) is 53.4 Å². The summed E-state index contributed by atoms with van der Waals surface area (Å²) in [4.78, 5) is 27.0. The van der Waals surface area contributed by atoms with Crippen LogP contribution in [-0.2, 0) is 9.53 Å². The van der Waals surface area contributed by atoms with Crippen LogP contribution in [0.2, 0.25) is 0 Å². The van der Waals surface area contributed by atoms with Gasteiger partial charge in [-0.05, 0) is 63.1 Å². The zero-order valence-electron chi connectivity index (χ0n) is 17.3. The predicted molar refractivity (Wildman–Crippen MR) is 113 cm³/mol. The molecule has 0 aliphatic carbocycles. The van der Waals surface area contributed by atoms with Crippen molar-refractivity contribution in [1.29, 1.82) is 0 Å². The Bertz CT molecular complexity index is 895. The summed E-state index contributed by atoms with van der Waals surface area (Å²) in [5, 5.41) is 13.9. The molecule has 0 bridgehead atoms. The Morgan fingerprint density at radius 1 is 1.17 bits per heavy atom. The van der Waals surface area contributed by atoms with Crippen LogP contribution < -0.4 is 15.5 Å². The molecule has 2 aliphatic heterocycles. The standard InChI is InChI=1S/C22H27N5O3/c1-22(2)12-18(9-11-30-22)25-20(28)15-5-7-17(8-6-15)24-21(29)16-13-27(14-16)19-4-3-10-23-26-19/h3-8,10,16,18H,9,11-14H2,1-2H3,(H,24,29)(H,25,28). The van der Waals surface area contributed by atoms with Gasteiger partial charge in [-0.25, -0.2) is 0 Å². The summed E-state index contributed by atoms with van der Waals surface area (Å²) >= 11 is 0. The van der Waals surface area contributed by atoms with Gasteiger partial charge >= 0.3 is 0 Å². The number of rotatable bonds is 5. The average Bonchev–Trinajstić information content (AvgIpc) is 2.67. The molecule has 158 valence electrons. The van der Waals surface area contributed by atoms with Gasteiger partial charge in [0.2, 0.25) is 5.91 Å². The van der Waals surface area contributed by atoms with Crippen molar-refractivity contribution >= 4 is 23.3 Å². The summed E-state index contributed by atoms with van der Waals surface area (Å²) in [6.45, 7) is 5.96. The van der Waals surface area contributed by atoms with Crippen LogP contribution in [0.3, 0.4) is 0 Å². The Balaban J connectivity index is 1.26. The first-order chi connectivity index (χ1) is 14.4. The maximum Gasteiger partial charge on any atom is 0.251 e. The lowest BCUT2D eigenvalue weighted by Gasteiger charge is -2.38. The molecule has 8 nitrogen and oxygen atoms in total. The number of amides is 2. The van der Waals surface area contributed by atoms with E-state index in [1.807, 2.05) is 30.9 Å². The molecule has 2 saturated heterocycles. The van der Waals surface area contributed by atoms with Crippen LogP contribution in [0.5, 0.6) is 0 Å². The Kier molecular flexibility index (Phi) is 5.67. The Morgan fingerprint density at radius 3 is 2.60 bits per heavy atom. The second-order valence-corrected chi connectivity index (χ2v) is 8.52. The van der Waals surface area contributed by atoms with Crippen LogP contribution in [0, 0.1) is 5.92 Å². The molecule has 2 fully saturated rings. The molecule has 1 atom stereocenters. The van der Waals surface area contributed by atoms with Crippen molar-refractivity contribution in [3.63, 3.8) is 0 Å². The molecule has 1 aromatic carbocycles. The van der Waals surface area contributed by atoms with Crippen LogP contribution in [0.4, 0.5) is 11.5 Å². The van der Waals surface area contributed by atoms with E-state index >= 15 is 0 Å². The summed E-state index contributed by atoms with van der Waals surface area (Å²) in [7, 11) is 0. The van der Waals surface area contributed by atoms with Crippen molar-refractivity contribution in [2.24, 2.45) is 5.92 Å². The molecule has 2 aliphatic rings. The minimum Gasteiger partial charge on any atom is -0.375 e. The zero-order valence-corrected chi connectivity index (χ0v) is 17.3. The molecule has 2 N–H and O–H groups in total. The lowest BCUT2D eigenvalue weighted by atomic mass is 9.94. The SMILES string of the molecule is CC1(C)CC(NC(=O)c2ccc(NC(=O)C3CN(c4cccnn4)C3)cc2)CCO1. The molecule has 2 aromatic rings. The second-order valence-electron chi connectivity index (χ2n) is 8.52. The molecule has 4 rings (SSSR count). The topological polar surface area (TPSA) is 96.5 Å². The summed E-state index contributed by atoms with van der Waals surface area (Å²) < 4.78 is 5.70. The van der Waals surface area contributed by atoms with E-state index in [9.17, 15) is 9.59 Å². The third-order valence-corrected chi connectivity index (χ3v) is 5.58. The number of ether oxygens (including phenoxy) is 1. The van der Waals surface area contributed by atoms with Gasteiger partial charge in [-0.3, -0.25) is 9.59 Å². The molecule has 1 aromatic heterocycles. The van der Waals surface area contributed by atoms with Gasteiger partial charge in [0.15, 0.2) is 5.82 Å². The predicted octanol–water partition coefficient (Wildman–Crippen LogP) is 2.24. The van der Waals surface area contributed by atoms with Crippen LogP contribution in [0.1, 0.15) is 37.0 Å². The summed E-state index contributed by atoms with van der Waals surface area (Å²) in [5.41, 5.74) is 1.05. The molecule has 2 amide bonds. The molecule has 3 heterocycles. The van der Waals surface area contributed by atoms with Crippen LogP contribution in [0.25, 0.3) is 0 Å². The largest absolute Gasteiger partial charge is 0.375 e. The quantitative estimate of drug-likeness (QED) is 0.786. The van der Waals surface area contributed by atoms with Gasteiger partial charge in [0.05, 0.1) is 11.5 Å². The van der Waals surface area contributed by atoms with Crippen molar-refractivity contribution < 1.29 is 14.3 Å². The highest BCUT2D eigenvalue weighted by atomic mass is 16.5. The zero-order chi connectivity index (χ0) is 21.1. The van der Waals surface area contributed by atoms with Gasteiger partial charge in [0.1, 0.15) is 0 Å². The third-order valence-electron chi connectivity index (χ3n) is 5.58. The van der Waals surface area contributed by atoms with Gasteiger partial charge in [-0.2, -0.15) is 5.10 Å². The molecule has 0 saturated carbocycles. The Morgan fingerprint density at radius 2 is 1.93 bits per heavy atom. The molecule has 30 heavy (non-hydrogen) atoms. The molecule has 8 heteroatoms. The van der Waals surface area contributed by atoms with Gasteiger partial charge in [0, 0.05) is 43.2 Å². The first-order valence-corrected chi connectivity index (χ1v) is 10.3. The minimum atomic E-state index is -0.214. The van der Waals surface area contributed by atoms with E-state index < -0.39 is 0 Å². The molecular formula is C22H27N5O3. The van der Waals surface area contributed by atoms with Gasteiger partial charge in [-0.1, -0.05) is 0 Å². The van der Waals surface area contributed by atoms with Crippen molar-refractivity contribution in [1.82, 2.24) is 15.5 Å². The lowest BCUT2D eigenvalue weighted by Crippen LogP contribution is -2.52. The third kappa shape index (κ3) is 4.76. The van der Waals surface area contributed by atoms with E-state index in [2.05, 4.69) is 20.8 Å². The monoisotopic (exact) mass is 409 g/mol. The number of carbonyl (C=O) groups is 2. The van der Waals surface area contributed by atoms with E-state index in [1.54, 1.807) is 30.5 Å². The number of aromatic nitrogens is 2. The van der Waals surface area contributed by atoms with Crippen molar-refractivity contribution in [3.05, 3.63) is 48.2 Å². The van der Waals surface area contributed by atoms with Gasteiger partial charge < -0.3 is 20.3 Å². The number of anilines is 2. The maximum atomic E-state index is 12.5. The van der Waals surface area contributed by atoms with Crippen molar-refractivity contribution in [2.45, 2.75) is 38.3 Å². The van der Waals surface area contributed by atoms with Gasteiger partial charge in [-0.15, -0.1) is 5.10 Å². The lowest BCUT2D eigenvalue weighted by molar-refractivity contribution is -0.120. The second kappa shape index (κ2) is 8.39. The number of nitrogens with one attached hydrogen (secondary N) is 2. The fourth-order valence-electron chi connectivity index (χ4n) is 3.87. The van der Waals surface area contributed by atoms with E-state index in [1.165, 1.54) is 0 Å². The summed E-state index contributed by atoms with van der Waals surface area (Å²) in [6, 6.07) is 10.8. The smallest absolute Gasteiger partial charge is 0.251 e. The first kappa shape index (κ1) is 20.3. The number of hydrogen-bond donors (Lipinski definition) is 2. The highest BCUT2D eigenvalue weighted by Gasteiger charge is 2.33.